The van der Waals surface area contributed by atoms with Crippen molar-refractivity contribution < 1.29 is 13.6 Å². The molecule has 0 aromatic carbocycles. The van der Waals surface area contributed by atoms with Gasteiger partial charge in [0, 0.05) is 12.5 Å². The largest absolute Gasteiger partial charge is 0.417 e. The number of Topliss-reactive ketones (excluding diaryl/α,β-unsaturated/α-hetero) is 1. The number of hydrogen-bond acceptors (Lipinski definition) is 2. The fraction of sp³-hybridized carbons (Fsp3) is 0.812. The van der Waals surface area contributed by atoms with Gasteiger partial charge in [0.2, 0.25) is 0 Å². The molecule has 0 N–H and O–H groups in total. The molecule has 0 aliphatic rings. The molecule has 0 unspecified atom stereocenters. The fourth-order valence-electron chi connectivity index (χ4n) is 2.00. The van der Waals surface area contributed by atoms with Crippen molar-refractivity contribution in [2.24, 2.45) is 5.92 Å². The standard InChI is InChI=1S/C16H31FO2Si/c1-8-11-16(4,5)20(6,7)19-12-9-10-14(17)15(18)13(2)3/h10,13H,8-9,11-12H2,1-7H3/b14-10-. The minimum atomic E-state index is -1.81. The van der Waals surface area contributed by atoms with E-state index in [2.05, 4.69) is 33.9 Å². The second-order valence-electron chi connectivity index (χ2n) is 6.85. The van der Waals surface area contributed by atoms with E-state index in [9.17, 15) is 9.18 Å². The normalized spacial score (nSPS) is 13.9. The monoisotopic (exact) mass is 302 g/mol. The SMILES string of the molecule is CCCC(C)(C)[Si](C)(C)OCC/C=C(\F)C(=O)C(C)C. The van der Waals surface area contributed by atoms with Crippen molar-refractivity contribution in [1.29, 1.82) is 0 Å². The molecule has 20 heavy (non-hydrogen) atoms. The van der Waals surface area contributed by atoms with E-state index in [0.717, 1.165) is 12.8 Å². The first kappa shape index (κ1) is 19.5. The van der Waals surface area contributed by atoms with Gasteiger partial charge in [0.1, 0.15) is 0 Å². The highest BCUT2D eigenvalue weighted by Crippen LogP contribution is 2.41. The Balaban J connectivity index is 4.37. The molecule has 0 atom stereocenters. The summed E-state index contributed by atoms with van der Waals surface area (Å²) in [4.78, 5) is 11.4. The molecule has 0 aliphatic carbocycles. The molecule has 0 saturated heterocycles. The zero-order chi connectivity index (χ0) is 16.0. The molecule has 118 valence electrons. The highest BCUT2D eigenvalue weighted by molar-refractivity contribution is 6.74. The Kier molecular flexibility index (Phi) is 7.89. The quantitative estimate of drug-likeness (QED) is 0.330. The molecule has 0 rings (SSSR count). The molecule has 0 aromatic rings. The first-order valence-corrected chi connectivity index (χ1v) is 10.5. The van der Waals surface area contributed by atoms with Crippen LogP contribution in [-0.2, 0) is 9.22 Å². The average Bonchev–Trinajstić information content (AvgIpc) is 2.32. The van der Waals surface area contributed by atoms with Gasteiger partial charge in [-0.25, -0.2) is 4.39 Å². The summed E-state index contributed by atoms with van der Waals surface area (Å²) in [6, 6.07) is 0. The number of rotatable bonds is 9. The molecule has 0 fully saturated rings. The van der Waals surface area contributed by atoms with E-state index in [1.165, 1.54) is 6.08 Å². The van der Waals surface area contributed by atoms with Crippen LogP contribution in [0.15, 0.2) is 11.9 Å². The van der Waals surface area contributed by atoms with Gasteiger partial charge in [-0.1, -0.05) is 41.0 Å². The Bertz CT molecular complexity index is 346. The van der Waals surface area contributed by atoms with Crippen LogP contribution in [0.4, 0.5) is 4.39 Å². The zero-order valence-corrected chi connectivity index (χ0v) is 15.2. The minimum absolute atomic E-state index is 0.206. The Labute approximate surface area is 124 Å². The van der Waals surface area contributed by atoms with Gasteiger partial charge >= 0.3 is 0 Å². The van der Waals surface area contributed by atoms with Gasteiger partial charge in [-0.3, -0.25) is 4.79 Å². The summed E-state index contributed by atoms with van der Waals surface area (Å²) in [6.45, 7) is 15.0. The van der Waals surface area contributed by atoms with E-state index in [-0.39, 0.29) is 11.0 Å². The number of halogens is 1. The fourth-order valence-corrected chi connectivity index (χ4v) is 3.87. The van der Waals surface area contributed by atoms with Crippen molar-refractivity contribution in [3.05, 3.63) is 11.9 Å². The van der Waals surface area contributed by atoms with Crippen molar-refractivity contribution in [3.8, 4) is 0 Å². The van der Waals surface area contributed by atoms with Crippen molar-refractivity contribution in [3.63, 3.8) is 0 Å². The van der Waals surface area contributed by atoms with Gasteiger partial charge in [-0.05, 0) is 37.0 Å². The summed E-state index contributed by atoms with van der Waals surface area (Å²) in [6.07, 6.45) is 4.11. The summed E-state index contributed by atoms with van der Waals surface area (Å²) in [5.74, 6) is -1.34. The molecule has 0 heterocycles. The number of carbonyl (C=O) groups is 1. The molecule has 0 saturated carbocycles. The molecule has 0 aliphatic heterocycles. The Morgan fingerprint density at radius 2 is 1.90 bits per heavy atom. The maximum Gasteiger partial charge on any atom is 0.193 e. The Morgan fingerprint density at radius 3 is 2.35 bits per heavy atom. The van der Waals surface area contributed by atoms with Crippen LogP contribution in [-0.4, -0.2) is 20.7 Å². The van der Waals surface area contributed by atoms with Crippen LogP contribution in [0.3, 0.4) is 0 Å². The van der Waals surface area contributed by atoms with Crippen LogP contribution >= 0.6 is 0 Å². The van der Waals surface area contributed by atoms with E-state index in [4.69, 9.17) is 4.43 Å². The summed E-state index contributed by atoms with van der Waals surface area (Å²) in [7, 11) is -1.81. The van der Waals surface area contributed by atoms with Gasteiger partial charge in [-0.15, -0.1) is 0 Å². The molecular formula is C16H31FO2Si. The lowest BCUT2D eigenvalue weighted by Gasteiger charge is -2.39. The van der Waals surface area contributed by atoms with Crippen molar-refractivity contribution >= 4 is 14.1 Å². The zero-order valence-electron chi connectivity index (χ0n) is 14.2. The third kappa shape index (κ3) is 5.88. The molecule has 4 heteroatoms. The average molecular weight is 303 g/mol. The molecular weight excluding hydrogens is 271 g/mol. The molecule has 2 nitrogen and oxygen atoms in total. The summed E-state index contributed by atoms with van der Waals surface area (Å²) in [5.41, 5.74) is 0. The second kappa shape index (κ2) is 8.08. The first-order valence-electron chi connectivity index (χ1n) is 7.59. The van der Waals surface area contributed by atoms with E-state index in [1.807, 2.05) is 0 Å². The lowest BCUT2D eigenvalue weighted by molar-refractivity contribution is -0.119. The van der Waals surface area contributed by atoms with Gasteiger partial charge in [-0.2, -0.15) is 0 Å². The number of carbonyl (C=O) groups excluding carboxylic acids is 1. The van der Waals surface area contributed by atoms with E-state index < -0.39 is 19.9 Å². The third-order valence-electron chi connectivity index (χ3n) is 4.17. The van der Waals surface area contributed by atoms with E-state index in [0.29, 0.717) is 13.0 Å². The number of hydrogen-bond donors (Lipinski definition) is 0. The van der Waals surface area contributed by atoms with E-state index >= 15 is 0 Å². The van der Waals surface area contributed by atoms with E-state index in [1.54, 1.807) is 13.8 Å². The molecule has 0 radical (unpaired) electrons. The maximum atomic E-state index is 13.5. The Morgan fingerprint density at radius 1 is 1.35 bits per heavy atom. The maximum absolute atomic E-state index is 13.5. The van der Waals surface area contributed by atoms with Gasteiger partial charge in [0.05, 0.1) is 0 Å². The van der Waals surface area contributed by atoms with Crippen molar-refractivity contribution in [2.75, 3.05) is 6.61 Å². The number of ketones is 1. The predicted molar refractivity (Wildman–Crippen MR) is 86.0 cm³/mol. The third-order valence-corrected chi connectivity index (χ3v) is 8.60. The number of allylic oxidation sites excluding steroid dienone is 1. The molecule has 0 bridgehead atoms. The first-order chi connectivity index (χ1) is 9.05. The van der Waals surface area contributed by atoms with Gasteiger partial charge in [0.15, 0.2) is 19.9 Å². The van der Waals surface area contributed by atoms with Crippen molar-refractivity contribution in [2.45, 2.75) is 72.0 Å². The second-order valence-corrected chi connectivity index (χ2v) is 11.5. The molecule has 0 aromatic heterocycles. The summed E-state index contributed by atoms with van der Waals surface area (Å²) < 4.78 is 19.5. The van der Waals surface area contributed by atoms with Crippen LogP contribution in [0.1, 0.15) is 53.9 Å². The van der Waals surface area contributed by atoms with Crippen LogP contribution in [0.25, 0.3) is 0 Å². The lowest BCUT2D eigenvalue weighted by atomic mass is 10.1. The highest BCUT2D eigenvalue weighted by atomic mass is 28.4. The van der Waals surface area contributed by atoms with Gasteiger partial charge < -0.3 is 4.43 Å². The lowest BCUT2D eigenvalue weighted by Crippen LogP contribution is -2.42. The van der Waals surface area contributed by atoms with Crippen LogP contribution < -0.4 is 0 Å². The topological polar surface area (TPSA) is 26.3 Å². The summed E-state index contributed by atoms with van der Waals surface area (Å²) >= 11 is 0. The summed E-state index contributed by atoms with van der Waals surface area (Å²) in [5, 5.41) is 0.206. The smallest absolute Gasteiger partial charge is 0.193 e. The Hall–Kier alpha value is -0.483. The highest BCUT2D eigenvalue weighted by Gasteiger charge is 2.39. The van der Waals surface area contributed by atoms with Crippen LogP contribution in [0.5, 0.6) is 0 Å². The van der Waals surface area contributed by atoms with Crippen LogP contribution in [0, 0.1) is 5.92 Å². The minimum Gasteiger partial charge on any atom is -0.417 e. The molecule has 0 spiro atoms. The molecule has 0 amide bonds. The van der Waals surface area contributed by atoms with Crippen molar-refractivity contribution in [1.82, 2.24) is 0 Å². The predicted octanol–water partition coefficient (Wildman–Crippen LogP) is 5.26. The van der Waals surface area contributed by atoms with Crippen LogP contribution in [0.2, 0.25) is 18.1 Å². The van der Waals surface area contributed by atoms with Gasteiger partial charge in [0.25, 0.3) is 0 Å².